The molecule has 4 N–H and O–H groups in total. The molecule has 0 radical (unpaired) electrons. The zero-order valence-corrected chi connectivity index (χ0v) is 15.6. The molecule has 2 rings (SSSR count). The number of rotatable bonds is 11. The van der Waals surface area contributed by atoms with Gasteiger partial charge in [0.15, 0.2) is 0 Å². The van der Waals surface area contributed by atoms with Crippen LogP contribution in [0.4, 0.5) is 4.39 Å². The molecular formula is C21H31FO5. The molecule has 0 amide bonds. The van der Waals surface area contributed by atoms with Crippen molar-refractivity contribution in [3.63, 3.8) is 0 Å². The van der Waals surface area contributed by atoms with Crippen molar-refractivity contribution in [2.75, 3.05) is 0 Å². The third-order valence-electron chi connectivity index (χ3n) is 5.74. The second kappa shape index (κ2) is 10.7. The molecule has 1 unspecified atom stereocenters. The Morgan fingerprint density at radius 1 is 1.04 bits per heavy atom. The normalized spacial score (nSPS) is 26.2. The first-order valence-corrected chi connectivity index (χ1v) is 9.90. The highest BCUT2D eigenvalue weighted by Gasteiger charge is 2.40. The Morgan fingerprint density at radius 2 is 1.67 bits per heavy atom. The fourth-order valence-corrected chi connectivity index (χ4v) is 4.24. The van der Waals surface area contributed by atoms with Gasteiger partial charge in [0, 0.05) is 12.0 Å². The summed E-state index contributed by atoms with van der Waals surface area (Å²) in [4.78, 5) is 10.5. The smallest absolute Gasteiger partial charge is 0.303 e. The van der Waals surface area contributed by atoms with Crippen LogP contribution in [0.3, 0.4) is 0 Å². The van der Waals surface area contributed by atoms with Gasteiger partial charge in [-0.05, 0) is 50.0 Å². The Morgan fingerprint density at radius 3 is 2.33 bits per heavy atom. The van der Waals surface area contributed by atoms with E-state index in [1.807, 2.05) is 0 Å². The predicted octanol–water partition coefficient (Wildman–Crippen LogP) is 3.42. The first-order chi connectivity index (χ1) is 12.9. The number of unbranched alkanes of at least 4 members (excludes halogenated alkanes) is 3. The molecule has 1 aliphatic carbocycles. The maximum Gasteiger partial charge on any atom is 0.303 e. The van der Waals surface area contributed by atoms with Crippen molar-refractivity contribution >= 4 is 5.97 Å². The van der Waals surface area contributed by atoms with Crippen LogP contribution in [-0.4, -0.2) is 38.6 Å². The number of benzene rings is 1. The van der Waals surface area contributed by atoms with Gasteiger partial charge in [0.2, 0.25) is 0 Å². The summed E-state index contributed by atoms with van der Waals surface area (Å²) in [5.41, 5.74) is 0.264. The summed E-state index contributed by atoms with van der Waals surface area (Å²) in [7, 11) is 0. The summed E-state index contributed by atoms with van der Waals surface area (Å²) in [6, 6.07) is 6.15. The second-order valence-electron chi connectivity index (χ2n) is 7.66. The fraction of sp³-hybridized carbons (Fsp3) is 0.667. The van der Waals surface area contributed by atoms with Gasteiger partial charge in [-0.25, -0.2) is 4.39 Å². The van der Waals surface area contributed by atoms with E-state index in [0.29, 0.717) is 25.7 Å². The molecule has 5 nitrogen and oxygen atoms in total. The molecule has 1 aromatic rings. The number of carboxylic acid groups (broad SMARTS) is 1. The zero-order valence-electron chi connectivity index (χ0n) is 15.6. The monoisotopic (exact) mass is 382 g/mol. The standard InChI is InChI=1S/C21H31FO5/c22-17-9-6-5-8-16(17)18(23)12-11-15-14(19(24)13-20(15)25)7-3-1-2-4-10-21(26)27/h5-6,8-9,14-15,18-20,23-25H,1-4,7,10-13H2,(H,26,27)/t14-,15?,18-,19+,20-/m1/s1. The average Bonchev–Trinajstić information content (AvgIpc) is 2.89. The minimum absolute atomic E-state index is 0.0349. The lowest BCUT2D eigenvalue weighted by Crippen LogP contribution is -2.23. The molecule has 0 spiro atoms. The Labute approximate surface area is 159 Å². The van der Waals surface area contributed by atoms with E-state index in [2.05, 4.69) is 0 Å². The molecule has 0 aromatic heterocycles. The van der Waals surface area contributed by atoms with Gasteiger partial charge in [-0.3, -0.25) is 4.79 Å². The molecule has 1 saturated carbocycles. The van der Waals surface area contributed by atoms with E-state index in [-0.39, 0.29) is 23.8 Å². The summed E-state index contributed by atoms with van der Waals surface area (Å²) >= 11 is 0. The molecule has 5 atom stereocenters. The van der Waals surface area contributed by atoms with Crippen molar-refractivity contribution in [1.82, 2.24) is 0 Å². The van der Waals surface area contributed by atoms with Crippen LogP contribution in [0.25, 0.3) is 0 Å². The Balaban J connectivity index is 1.80. The maximum absolute atomic E-state index is 13.8. The van der Waals surface area contributed by atoms with Crippen LogP contribution in [0, 0.1) is 17.7 Å². The molecule has 1 fully saturated rings. The van der Waals surface area contributed by atoms with Gasteiger partial charge >= 0.3 is 5.97 Å². The summed E-state index contributed by atoms with van der Waals surface area (Å²) in [5.74, 6) is -1.36. The van der Waals surface area contributed by atoms with Crippen molar-refractivity contribution in [3.8, 4) is 0 Å². The quantitative estimate of drug-likeness (QED) is 0.440. The largest absolute Gasteiger partial charge is 0.481 e. The minimum Gasteiger partial charge on any atom is -0.481 e. The van der Waals surface area contributed by atoms with Gasteiger partial charge in [0.1, 0.15) is 5.82 Å². The van der Waals surface area contributed by atoms with Gasteiger partial charge in [0.25, 0.3) is 0 Å². The third kappa shape index (κ3) is 6.55. The van der Waals surface area contributed by atoms with Crippen LogP contribution in [0.15, 0.2) is 24.3 Å². The molecular weight excluding hydrogens is 351 g/mol. The maximum atomic E-state index is 13.8. The van der Waals surface area contributed by atoms with Crippen molar-refractivity contribution < 1.29 is 29.6 Å². The van der Waals surface area contributed by atoms with Crippen LogP contribution in [-0.2, 0) is 4.79 Å². The van der Waals surface area contributed by atoms with Crippen LogP contribution in [0.2, 0.25) is 0 Å². The number of aliphatic hydroxyl groups is 3. The summed E-state index contributed by atoms with van der Waals surface area (Å²) in [6.45, 7) is 0. The van der Waals surface area contributed by atoms with Gasteiger partial charge in [0.05, 0.1) is 18.3 Å². The van der Waals surface area contributed by atoms with Crippen LogP contribution in [0.5, 0.6) is 0 Å². The average molecular weight is 382 g/mol. The fourth-order valence-electron chi connectivity index (χ4n) is 4.24. The van der Waals surface area contributed by atoms with Crippen molar-refractivity contribution in [3.05, 3.63) is 35.6 Å². The summed E-state index contributed by atoms with van der Waals surface area (Å²) < 4.78 is 13.8. The van der Waals surface area contributed by atoms with Crippen LogP contribution in [0.1, 0.15) is 69.5 Å². The Hall–Kier alpha value is -1.50. The first kappa shape index (κ1) is 21.8. The predicted molar refractivity (Wildman–Crippen MR) is 99.5 cm³/mol. The lowest BCUT2D eigenvalue weighted by Gasteiger charge is -2.24. The number of hydrogen-bond acceptors (Lipinski definition) is 4. The van der Waals surface area contributed by atoms with E-state index in [1.54, 1.807) is 18.2 Å². The highest BCUT2D eigenvalue weighted by molar-refractivity contribution is 5.66. The molecule has 27 heavy (non-hydrogen) atoms. The third-order valence-corrected chi connectivity index (χ3v) is 5.74. The molecule has 0 aliphatic heterocycles. The number of carboxylic acids is 1. The Kier molecular flexibility index (Phi) is 8.67. The van der Waals surface area contributed by atoms with Gasteiger partial charge in [-0.15, -0.1) is 0 Å². The lowest BCUT2D eigenvalue weighted by atomic mass is 9.84. The minimum atomic E-state index is -0.923. The van der Waals surface area contributed by atoms with Gasteiger partial charge < -0.3 is 20.4 Å². The highest BCUT2D eigenvalue weighted by Crippen LogP contribution is 2.40. The zero-order chi connectivity index (χ0) is 19.8. The van der Waals surface area contributed by atoms with Crippen molar-refractivity contribution in [2.24, 2.45) is 11.8 Å². The van der Waals surface area contributed by atoms with E-state index in [0.717, 1.165) is 25.7 Å². The van der Waals surface area contributed by atoms with Crippen molar-refractivity contribution in [1.29, 1.82) is 0 Å². The van der Waals surface area contributed by atoms with Crippen molar-refractivity contribution in [2.45, 2.75) is 76.1 Å². The summed E-state index contributed by atoms with van der Waals surface area (Å²) in [5, 5.41) is 39.5. The summed E-state index contributed by atoms with van der Waals surface area (Å²) in [6.07, 6.45) is 3.33. The van der Waals surface area contributed by atoms with E-state index in [9.17, 15) is 24.5 Å². The van der Waals surface area contributed by atoms with E-state index in [4.69, 9.17) is 5.11 Å². The molecule has 1 aliphatic rings. The van der Waals surface area contributed by atoms with E-state index in [1.165, 1.54) is 6.07 Å². The molecule has 6 heteroatoms. The van der Waals surface area contributed by atoms with Gasteiger partial charge in [-0.2, -0.15) is 0 Å². The number of carbonyl (C=O) groups is 1. The first-order valence-electron chi connectivity index (χ1n) is 9.90. The lowest BCUT2D eigenvalue weighted by molar-refractivity contribution is -0.137. The highest BCUT2D eigenvalue weighted by atomic mass is 19.1. The molecule has 1 aromatic carbocycles. The van der Waals surface area contributed by atoms with Crippen LogP contribution >= 0.6 is 0 Å². The number of aliphatic carboxylic acids is 1. The molecule has 0 heterocycles. The van der Waals surface area contributed by atoms with Gasteiger partial charge in [-0.1, -0.05) is 37.5 Å². The molecule has 0 saturated heterocycles. The number of hydrogen-bond donors (Lipinski definition) is 4. The second-order valence-corrected chi connectivity index (χ2v) is 7.66. The van der Waals surface area contributed by atoms with Crippen LogP contribution < -0.4 is 0 Å². The SMILES string of the molecule is O=C(O)CCCCCC[C@@H]1C(CC[C@@H](O)c2ccccc2F)[C@H](O)C[C@@H]1O. The molecule has 0 bridgehead atoms. The number of halogens is 1. The van der Waals surface area contributed by atoms with E-state index >= 15 is 0 Å². The molecule has 152 valence electrons. The van der Waals surface area contributed by atoms with E-state index < -0.39 is 30.1 Å². The Bertz CT molecular complexity index is 594. The topological polar surface area (TPSA) is 98.0 Å². The number of aliphatic hydroxyl groups excluding tert-OH is 3.